The average Bonchev–Trinajstić information content (AvgIpc) is 1.64. The normalized spacial score (nSPS) is 14.1. The molecule has 0 aliphatic carbocycles. The van der Waals surface area contributed by atoms with Crippen LogP contribution in [0.3, 0.4) is 0 Å². The van der Waals surface area contributed by atoms with E-state index in [4.69, 9.17) is 0 Å². The molecule has 0 fully saturated rings. The maximum Gasteiger partial charge on any atom is 0.209 e. The van der Waals surface area contributed by atoms with E-state index >= 15 is 0 Å². The summed E-state index contributed by atoms with van der Waals surface area (Å²) in [5.41, 5.74) is 0. The van der Waals surface area contributed by atoms with Crippen LogP contribution in [0.25, 0.3) is 0 Å². The molecule has 0 aromatic carbocycles. The lowest BCUT2D eigenvalue weighted by molar-refractivity contribution is -0.112. The zero-order valence-corrected chi connectivity index (χ0v) is 7.47. The molecule has 2 nitrogen and oxygen atoms in total. The van der Waals surface area contributed by atoms with Crippen molar-refractivity contribution >= 4 is 26.4 Å². The average molecular weight is 227 g/mol. The third-order valence-corrected chi connectivity index (χ3v) is 2.00. The maximum atomic E-state index is 10.5. The Morgan fingerprint density at radius 2 is 2.00 bits per heavy atom. The van der Waals surface area contributed by atoms with Gasteiger partial charge in [0, 0.05) is 22.6 Å². The molecule has 8 heavy (non-hydrogen) atoms. The fourth-order valence-corrected chi connectivity index (χ4v) is 0.760. The molecular formula is C5H10INO. The van der Waals surface area contributed by atoms with Crippen molar-refractivity contribution in [1.29, 1.82) is 0 Å². The predicted octanol–water partition coefficient (Wildman–Crippen LogP) is 0.898. The van der Waals surface area contributed by atoms with Crippen LogP contribution in [0, 0.1) is 0 Å². The molecule has 0 saturated heterocycles. The van der Waals surface area contributed by atoms with Gasteiger partial charge in [-0.15, -0.1) is 0 Å². The van der Waals surface area contributed by atoms with Crippen molar-refractivity contribution in [2.24, 2.45) is 0 Å². The first kappa shape index (κ1) is 8.36. The summed E-state index contributed by atoms with van der Waals surface area (Å²) in [5, 5.41) is 0. The first-order chi connectivity index (χ1) is 3.55. The molecule has 0 rings (SSSR count). The summed E-state index contributed by atoms with van der Waals surface area (Å²) in [6.45, 7) is 1.88. The van der Waals surface area contributed by atoms with E-state index in [-0.39, 0.29) is 9.83 Å². The largest absolute Gasteiger partial charge is 0.299 e. The zero-order valence-electron chi connectivity index (χ0n) is 5.31. The Morgan fingerprint density at radius 1 is 1.62 bits per heavy atom. The van der Waals surface area contributed by atoms with Crippen molar-refractivity contribution in [2.45, 2.75) is 13.0 Å². The van der Waals surface area contributed by atoms with E-state index in [1.165, 1.54) is 0 Å². The van der Waals surface area contributed by atoms with E-state index in [0.29, 0.717) is 0 Å². The van der Waals surface area contributed by atoms with Gasteiger partial charge in [-0.05, 0) is 21.0 Å². The van der Waals surface area contributed by atoms with Crippen LogP contribution in [0.4, 0.5) is 0 Å². The van der Waals surface area contributed by atoms with Gasteiger partial charge >= 0.3 is 0 Å². The van der Waals surface area contributed by atoms with Crippen molar-refractivity contribution in [3.8, 4) is 0 Å². The highest BCUT2D eigenvalue weighted by Crippen LogP contribution is 1.98. The molecule has 0 radical (unpaired) electrons. The first-order valence-corrected chi connectivity index (χ1v) is 3.49. The Labute approximate surface area is 63.4 Å². The van der Waals surface area contributed by atoms with E-state index in [0.717, 1.165) is 0 Å². The van der Waals surface area contributed by atoms with Crippen LogP contribution in [0.15, 0.2) is 0 Å². The lowest BCUT2D eigenvalue weighted by atomic mass is 10.4. The third kappa shape index (κ3) is 2.61. The van der Waals surface area contributed by atoms with E-state index in [1.54, 1.807) is 22.6 Å². The smallest absolute Gasteiger partial charge is 0.209 e. The van der Waals surface area contributed by atoms with Crippen molar-refractivity contribution in [2.75, 3.05) is 14.1 Å². The summed E-state index contributed by atoms with van der Waals surface area (Å²) >= 11 is 1.80. The van der Waals surface area contributed by atoms with Crippen LogP contribution in [0.5, 0.6) is 0 Å². The molecule has 0 aliphatic rings. The summed E-state index contributed by atoms with van der Waals surface area (Å²) < 4.78 is 0.188. The van der Waals surface area contributed by atoms with Gasteiger partial charge in [0.25, 0.3) is 0 Å². The standard InChI is InChI=1S/C5H10INO/c1-4(5(6)8)7(2)3/h4H,1-3H3. The third-order valence-electron chi connectivity index (χ3n) is 1.10. The summed E-state index contributed by atoms with van der Waals surface area (Å²) in [5.74, 6) is 0. The first-order valence-electron chi connectivity index (χ1n) is 2.41. The number of halogens is 1. The quantitative estimate of drug-likeness (QED) is 0.516. The zero-order chi connectivity index (χ0) is 6.73. The molecule has 0 aliphatic heterocycles. The summed E-state index contributed by atoms with van der Waals surface area (Å²) in [7, 11) is 3.78. The molecule has 0 aromatic heterocycles. The number of carbonyl (C=O) groups excluding carboxylic acids is 1. The molecule has 0 aromatic rings. The number of hydrogen-bond acceptors (Lipinski definition) is 2. The minimum absolute atomic E-state index is 0.0515. The van der Waals surface area contributed by atoms with Gasteiger partial charge in [-0.2, -0.15) is 0 Å². The Morgan fingerprint density at radius 3 is 2.00 bits per heavy atom. The van der Waals surface area contributed by atoms with Crippen molar-refractivity contribution in [3.63, 3.8) is 0 Å². The summed E-state index contributed by atoms with van der Waals surface area (Å²) in [4.78, 5) is 12.4. The molecular weight excluding hydrogens is 217 g/mol. The second-order valence-corrected chi connectivity index (χ2v) is 3.01. The molecule has 0 heterocycles. The Balaban J connectivity index is 3.64. The van der Waals surface area contributed by atoms with E-state index in [1.807, 2.05) is 25.9 Å². The Hall–Kier alpha value is 0.360. The summed E-state index contributed by atoms with van der Waals surface area (Å²) in [6, 6.07) is 0.0515. The molecule has 0 amide bonds. The van der Waals surface area contributed by atoms with Gasteiger partial charge in [-0.1, -0.05) is 0 Å². The molecule has 0 spiro atoms. The number of nitrogens with zero attached hydrogens (tertiary/aromatic N) is 1. The van der Waals surface area contributed by atoms with Crippen molar-refractivity contribution < 1.29 is 4.79 Å². The molecule has 1 unspecified atom stereocenters. The SMILES string of the molecule is CC(C(=O)I)N(C)C. The summed E-state index contributed by atoms with van der Waals surface area (Å²) in [6.07, 6.45) is 0. The molecule has 0 bridgehead atoms. The molecule has 0 N–H and O–H groups in total. The second kappa shape index (κ2) is 3.40. The molecule has 48 valence electrons. The number of carbonyl (C=O) groups is 1. The Bertz CT molecular complexity index is 92.4. The second-order valence-electron chi connectivity index (χ2n) is 1.94. The van der Waals surface area contributed by atoms with Gasteiger partial charge in [0.15, 0.2) is 0 Å². The van der Waals surface area contributed by atoms with Crippen LogP contribution >= 0.6 is 22.6 Å². The van der Waals surface area contributed by atoms with E-state index < -0.39 is 0 Å². The molecule has 0 saturated carbocycles. The van der Waals surface area contributed by atoms with Crippen LogP contribution < -0.4 is 0 Å². The minimum Gasteiger partial charge on any atom is -0.299 e. The topological polar surface area (TPSA) is 20.3 Å². The number of hydrogen-bond donors (Lipinski definition) is 0. The van der Waals surface area contributed by atoms with Gasteiger partial charge in [-0.3, -0.25) is 9.69 Å². The molecule has 3 heteroatoms. The Kier molecular flexibility index (Phi) is 3.55. The fraction of sp³-hybridized carbons (Fsp3) is 0.800. The van der Waals surface area contributed by atoms with E-state index in [2.05, 4.69) is 0 Å². The van der Waals surface area contributed by atoms with Gasteiger partial charge in [0.2, 0.25) is 3.79 Å². The monoisotopic (exact) mass is 227 g/mol. The number of likely N-dealkylation sites (N-methyl/N-ethyl adjacent to an activating group) is 1. The highest BCUT2D eigenvalue weighted by atomic mass is 127. The van der Waals surface area contributed by atoms with Crippen molar-refractivity contribution in [1.82, 2.24) is 4.90 Å². The van der Waals surface area contributed by atoms with Crippen LogP contribution in [-0.4, -0.2) is 28.8 Å². The van der Waals surface area contributed by atoms with Gasteiger partial charge < -0.3 is 0 Å². The lowest BCUT2D eigenvalue weighted by Crippen LogP contribution is -2.29. The van der Waals surface area contributed by atoms with Crippen LogP contribution in [0.2, 0.25) is 0 Å². The number of rotatable bonds is 2. The fourth-order valence-electron chi connectivity index (χ4n) is 0.203. The van der Waals surface area contributed by atoms with Gasteiger partial charge in [0.1, 0.15) is 0 Å². The highest BCUT2D eigenvalue weighted by Gasteiger charge is 2.09. The highest BCUT2D eigenvalue weighted by molar-refractivity contribution is 14.1. The van der Waals surface area contributed by atoms with Gasteiger partial charge in [-0.25, -0.2) is 0 Å². The van der Waals surface area contributed by atoms with Crippen molar-refractivity contribution in [3.05, 3.63) is 0 Å². The van der Waals surface area contributed by atoms with E-state index in [9.17, 15) is 4.79 Å². The lowest BCUT2D eigenvalue weighted by Gasteiger charge is -2.14. The van der Waals surface area contributed by atoms with Gasteiger partial charge in [0.05, 0.1) is 6.04 Å². The van der Waals surface area contributed by atoms with Crippen LogP contribution in [-0.2, 0) is 4.79 Å². The minimum atomic E-state index is 0.0515. The van der Waals surface area contributed by atoms with Crippen LogP contribution in [0.1, 0.15) is 6.92 Å². The predicted molar refractivity (Wildman–Crippen MR) is 42.2 cm³/mol. The maximum absolute atomic E-state index is 10.5. The molecule has 1 atom stereocenters.